The van der Waals surface area contributed by atoms with Crippen molar-refractivity contribution in [2.24, 2.45) is 4.99 Å². The van der Waals surface area contributed by atoms with E-state index >= 15 is 0 Å². The Morgan fingerprint density at radius 2 is 2.00 bits per heavy atom. The summed E-state index contributed by atoms with van der Waals surface area (Å²) < 4.78 is 36.8. The lowest BCUT2D eigenvalue weighted by atomic mass is 10.1. The summed E-state index contributed by atoms with van der Waals surface area (Å²) in [6, 6.07) is 7.78. The maximum atomic E-state index is 12.6. The smallest absolute Gasteiger partial charge is 0.220 e. The van der Waals surface area contributed by atoms with Gasteiger partial charge in [-0.15, -0.1) is 24.0 Å². The predicted octanol–water partition coefficient (Wildman–Crippen LogP) is 1.88. The molecule has 0 amide bonds. The Bertz CT molecular complexity index is 958. The van der Waals surface area contributed by atoms with Crippen molar-refractivity contribution < 1.29 is 17.7 Å². The van der Waals surface area contributed by atoms with E-state index < -0.39 is 10.0 Å². The number of ether oxygens (including phenoxy) is 1. The van der Waals surface area contributed by atoms with E-state index in [1.165, 1.54) is 16.1 Å². The maximum absolute atomic E-state index is 12.6. The Morgan fingerprint density at radius 3 is 2.61 bits per heavy atom. The summed E-state index contributed by atoms with van der Waals surface area (Å²) in [5.41, 5.74) is 2.72. The van der Waals surface area contributed by atoms with Gasteiger partial charge in [0.15, 0.2) is 5.96 Å². The van der Waals surface area contributed by atoms with Gasteiger partial charge in [-0.25, -0.2) is 8.42 Å². The van der Waals surface area contributed by atoms with E-state index in [-0.39, 0.29) is 29.7 Å². The lowest BCUT2D eigenvalue weighted by molar-refractivity contribution is 0.260. The molecular formula is C20H30IN5O4S. The molecule has 31 heavy (non-hydrogen) atoms. The van der Waals surface area contributed by atoms with E-state index in [9.17, 15) is 8.42 Å². The Labute approximate surface area is 200 Å². The molecule has 1 aromatic carbocycles. The van der Waals surface area contributed by atoms with Crippen LogP contribution in [-0.4, -0.2) is 75.6 Å². The number of hydrogen-bond acceptors (Lipinski definition) is 6. The number of piperazine rings is 1. The SMILES string of the molecule is CN=C(NCCc1ccc(C)c(OC)c1)N1CCN(S(=O)(=O)Cc2ccon2)CC1.I. The lowest BCUT2D eigenvalue weighted by Gasteiger charge is -2.35. The van der Waals surface area contributed by atoms with Gasteiger partial charge >= 0.3 is 0 Å². The van der Waals surface area contributed by atoms with Gasteiger partial charge in [0.2, 0.25) is 10.0 Å². The molecule has 0 atom stereocenters. The molecule has 1 saturated heterocycles. The van der Waals surface area contributed by atoms with E-state index in [0.717, 1.165) is 30.2 Å². The summed E-state index contributed by atoms with van der Waals surface area (Å²) in [6.45, 7) is 4.73. The van der Waals surface area contributed by atoms with E-state index in [1.54, 1.807) is 20.2 Å². The molecule has 0 aliphatic carbocycles. The number of aliphatic imine (C=N–C) groups is 1. The topological polar surface area (TPSA) is 100 Å². The van der Waals surface area contributed by atoms with E-state index in [2.05, 4.69) is 38.6 Å². The number of nitrogens with one attached hydrogen (secondary N) is 1. The van der Waals surface area contributed by atoms with Crippen LogP contribution in [0.5, 0.6) is 5.75 Å². The second kappa shape index (κ2) is 11.7. The van der Waals surface area contributed by atoms with Crippen molar-refractivity contribution in [2.75, 3.05) is 46.9 Å². The van der Waals surface area contributed by atoms with Gasteiger partial charge in [0.1, 0.15) is 17.8 Å². The van der Waals surface area contributed by atoms with Crippen molar-refractivity contribution in [1.82, 2.24) is 19.7 Å². The summed E-state index contributed by atoms with van der Waals surface area (Å²) in [4.78, 5) is 6.44. The minimum Gasteiger partial charge on any atom is -0.496 e. The van der Waals surface area contributed by atoms with Crippen molar-refractivity contribution in [3.05, 3.63) is 47.3 Å². The number of sulfonamides is 1. The van der Waals surface area contributed by atoms with Gasteiger partial charge in [-0.1, -0.05) is 17.3 Å². The molecule has 11 heteroatoms. The van der Waals surface area contributed by atoms with Crippen molar-refractivity contribution in [3.63, 3.8) is 0 Å². The standard InChI is InChI=1S/C20H29N5O4S.HI/c1-16-4-5-17(14-19(16)28-3)6-8-22-20(21-2)24-9-11-25(12-10-24)30(26,27)15-18-7-13-29-23-18;/h4-5,7,13-14H,6,8-12,15H2,1-3H3,(H,21,22);1H. The summed E-state index contributed by atoms with van der Waals surface area (Å²) in [5.74, 6) is 1.53. The van der Waals surface area contributed by atoms with Crippen LogP contribution < -0.4 is 10.1 Å². The van der Waals surface area contributed by atoms with Crippen LogP contribution in [0.3, 0.4) is 0 Å². The molecule has 0 bridgehead atoms. The fraction of sp³-hybridized carbons (Fsp3) is 0.500. The van der Waals surface area contributed by atoms with Crippen molar-refractivity contribution in [1.29, 1.82) is 0 Å². The Morgan fingerprint density at radius 1 is 1.26 bits per heavy atom. The fourth-order valence-corrected chi connectivity index (χ4v) is 4.86. The summed E-state index contributed by atoms with van der Waals surface area (Å²) in [7, 11) is 0.00604. The zero-order valence-electron chi connectivity index (χ0n) is 18.1. The van der Waals surface area contributed by atoms with Crippen LogP contribution >= 0.6 is 24.0 Å². The fourth-order valence-electron chi connectivity index (χ4n) is 3.44. The van der Waals surface area contributed by atoms with Crippen LogP contribution in [0.2, 0.25) is 0 Å². The van der Waals surface area contributed by atoms with Gasteiger partial charge in [0.05, 0.1) is 12.8 Å². The Kier molecular flexibility index (Phi) is 9.56. The number of nitrogens with zero attached hydrogens (tertiary/aromatic N) is 4. The van der Waals surface area contributed by atoms with Crippen LogP contribution in [0.25, 0.3) is 0 Å². The molecule has 1 N–H and O–H groups in total. The minimum absolute atomic E-state index is 0. The van der Waals surface area contributed by atoms with Crippen LogP contribution in [0.1, 0.15) is 16.8 Å². The highest BCUT2D eigenvalue weighted by Gasteiger charge is 2.28. The van der Waals surface area contributed by atoms with Gasteiger partial charge in [-0.3, -0.25) is 4.99 Å². The monoisotopic (exact) mass is 563 g/mol. The first-order chi connectivity index (χ1) is 14.4. The molecule has 2 heterocycles. The lowest BCUT2D eigenvalue weighted by Crippen LogP contribution is -2.54. The molecule has 0 radical (unpaired) electrons. The van der Waals surface area contributed by atoms with Gasteiger partial charge in [0.25, 0.3) is 0 Å². The van der Waals surface area contributed by atoms with Crippen molar-refractivity contribution >= 4 is 40.0 Å². The predicted molar refractivity (Wildman–Crippen MR) is 130 cm³/mol. The quantitative estimate of drug-likeness (QED) is 0.312. The first-order valence-electron chi connectivity index (χ1n) is 9.89. The highest BCUT2D eigenvalue weighted by Crippen LogP contribution is 2.19. The molecule has 3 rings (SSSR count). The molecule has 1 aliphatic heterocycles. The molecule has 2 aromatic rings. The number of aryl methyl sites for hydroxylation is 1. The number of methoxy groups -OCH3 is 1. The molecule has 1 aliphatic rings. The zero-order chi connectivity index (χ0) is 21.6. The molecule has 0 unspecified atom stereocenters. The van der Waals surface area contributed by atoms with E-state index in [4.69, 9.17) is 9.26 Å². The minimum atomic E-state index is -3.41. The van der Waals surface area contributed by atoms with Crippen LogP contribution in [0.4, 0.5) is 0 Å². The van der Waals surface area contributed by atoms with Gasteiger partial charge in [-0.05, 0) is 30.5 Å². The van der Waals surface area contributed by atoms with Crippen molar-refractivity contribution in [3.8, 4) is 5.75 Å². The molecule has 172 valence electrons. The van der Waals surface area contributed by atoms with Crippen LogP contribution in [-0.2, 0) is 22.2 Å². The average Bonchev–Trinajstić information content (AvgIpc) is 3.25. The van der Waals surface area contributed by atoms with Gasteiger partial charge < -0.3 is 19.5 Å². The zero-order valence-corrected chi connectivity index (χ0v) is 21.2. The largest absolute Gasteiger partial charge is 0.496 e. The second-order valence-corrected chi connectivity index (χ2v) is 9.13. The van der Waals surface area contributed by atoms with Crippen LogP contribution in [0.15, 0.2) is 40.0 Å². The number of halogens is 1. The molecule has 1 fully saturated rings. The summed E-state index contributed by atoms with van der Waals surface area (Å²) in [5, 5.41) is 7.07. The molecule has 9 nitrogen and oxygen atoms in total. The second-order valence-electron chi connectivity index (χ2n) is 7.16. The number of hydrogen-bond donors (Lipinski definition) is 1. The average molecular weight is 563 g/mol. The molecular weight excluding hydrogens is 533 g/mol. The molecule has 0 spiro atoms. The number of aromatic nitrogens is 1. The van der Waals surface area contributed by atoms with E-state index in [1.807, 2.05) is 6.92 Å². The van der Waals surface area contributed by atoms with Gasteiger partial charge in [-0.2, -0.15) is 4.31 Å². The van der Waals surface area contributed by atoms with E-state index in [0.29, 0.717) is 31.9 Å². The normalized spacial score (nSPS) is 15.5. The highest BCUT2D eigenvalue weighted by atomic mass is 127. The highest BCUT2D eigenvalue weighted by molar-refractivity contribution is 14.0. The number of rotatable bonds is 7. The molecule has 1 aromatic heterocycles. The first kappa shape index (κ1) is 25.4. The maximum Gasteiger partial charge on any atom is 0.220 e. The third-order valence-electron chi connectivity index (χ3n) is 5.13. The van der Waals surface area contributed by atoms with Crippen LogP contribution in [0, 0.1) is 6.92 Å². The third kappa shape index (κ3) is 6.81. The Hall–Kier alpha value is -1.86. The summed E-state index contributed by atoms with van der Waals surface area (Å²) in [6.07, 6.45) is 2.22. The van der Waals surface area contributed by atoms with Crippen molar-refractivity contribution in [2.45, 2.75) is 19.1 Å². The number of benzene rings is 1. The first-order valence-corrected chi connectivity index (χ1v) is 11.5. The Balaban J connectivity index is 0.00000341. The third-order valence-corrected chi connectivity index (χ3v) is 6.95. The summed E-state index contributed by atoms with van der Waals surface area (Å²) >= 11 is 0. The van der Waals surface area contributed by atoms with Gasteiger partial charge in [0, 0.05) is 45.8 Å². The molecule has 0 saturated carbocycles. The number of guanidine groups is 1.